The van der Waals surface area contributed by atoms with Crippen molar-refractivity contribution in [2.24, 2.45) is 11.1 Å². The molecule has 0 unspecified atom stereocenters. The number of hydrogen-bond acceptors (Lipinski definition) is 4. The summed E-state index contributed by atoms with van der Waals surface area (Å²) in [5.41, 5.74) is 4.58. The minimum absolute atomic E-state index is 0.371. The SMILES string of the molecule is CC(C)(CNc1ncc(Cl)cn1)C(N)=O. The number of nitrogens with one attached hydrogen (secondary N) is 1. The van der Waals surface area contributed by atoms with Crippen LogP contribution in [0, 0.1) is 5.41 Å². The van der Waals surface area contributed by atoms with Crippen molar-refractivity contribution in [3.63, 3.8) is 0 Å². The average molecular weight is 229 g/mol. The zero-order valence-electron chi connectivity index (χ0n) is 8.62. The molecule has 0 aliphatic carbocycles. The molecular weight excluding hydrogens is 216 g/mol. The molecule has 0 saturated heterocycles. The fraction of sp³-hybridized carbons (Fsp3) is 0.444. The van der Waals surface area contributed by atoms with Crippen LogP contribution in [0.1, 0.15) is 13.8 Å². The maximum atomic E-state index is 11.0. The Labute approximate surface area is 93.0 Å². The molecule has 1 heterocycles. The summed E-state index contributed by atoms with van der Waals surface area (Å²) in [7, 11) is 0. The van der Waals surface area contributed by atoms with Gasteiger partial charge in [-0.05, 0) is 13.8 Å². The van der Waals surface area contributed by atoms with E-state index in [2.05, 4.69) is 15.3 Å². The lowest BCUT2D eigenvalue weighted by molar-refractivity contribution is -0.125. The van der Waals surface area contributed by atoms with Crippen molar-refractivity contribution in [2.45, 2.75) is 13.8 Å². The Hall–Kier alpha value is -1.36. The van der Waals surface area contributed by atoms with E-state index in [9.17, 15) is 4.79 Å². The number of hydrogen-bond donors (Lipinski definition) is 2. The molecule has 0 saturated carbocycles. The van der Waals surface area contributed by atoms with Gasteiger partial charge in [0, 0.05) is 6.54 Å². The first-order valence-electron chi connectivity index (χ1n) is 4.43. The molecule has 0 aliphatic rings. The van der Waals surface area contributed by atoms with Gasteiger partial charge in [0.2, 0.25) is 11.9 Å². The van der Waals surface area contributed by atoms with Crippen LogP contribution in [0.25, 0.3) is 0 Å². The Balaban J connectivity index is 2.57. The van der Waals surface area contributed by atoms with Gasteiger partial charge in [-0.25, -0.2) is 9.97 Å². The van der Waals surface area contributed by atoms with Crippen LogP contribution in [0.3, 0.4) is 0 Å². The number of halogens is 1. The van der Waals surface area contributed by atoms with Crippen LogP contribution in [-0.4, -0.2) is 22.4 Å². The first-order chi connectivity index (χ1) is 6.92. The second-order valence-electron chi connectivity index (χ2n) is 3.83. The van der Waals surface area contributed by atoms with Gasteiger partial charge in [0.25, 0.3) is 0 Å². The highest BCUT2D eigenvalue weighted by molar-refractivity contribution is 6.30. The Morgan fingerprint density at radius 2 is 2.07 bits per heavy atom. The predicted octanol–water partition coefficient (Wildman–Crippen LogP) is 1.05. The largest absolute Gasteiger partial charge is 0.369 e. The number of rotatable bonds is 4. The number of nitrogens with zero attached hydrogens (tertiary/aromatic N) is 2. The third kappa shape index (κ3) is 3.36. The summed E-state index contributed by atoms with van der Waals surface area (Å²) in [6, 6.07) is 0. The van der Waals surface area contributed by atoms with E-state index in [1.165, 1.54) is 12.4 Å². The summed E-state index contributed by atoms with van der Waals surface area (Å²) in [5, 5.41) is 3.38. The molecule has 0 aliphatic heterocycles. The van der Waals surface area contributed by atoms with E-state index >= 15 is 0 Å². The van der Waals surface area contributed by atoms with E-state index in [4.69, 9.17) is 17.3 Å². The number of carbonyl (C=O) groups excluding carboxylic acids is 1. The lowest BCUT2D eigenvalue weighted by Gasteiger charge is -2.20. The number of nitrogens with two attached hydrogens (primary N) is 1. The minimum atomic E-state index is -0.636. The maximum absolute atomic E-state index is 11.0. The quantitative estimate of drug-likeness (QED) is 0.807. The van der Waals surface area contributed by atoms with E-state index in [1.54, 1.807) is 13.8 Å². The molecule has 0 radical (unpaired) electrons. The normalized spacial score (nSPS) is 11.1. The topological polar surface area (TPSA) is 80.9 Å². The molecule has 1 aromatic rings. The standard InChI is InChI=1S/C9H13ClN4O/c1-9(2,7(11)15)5-14-8-12-3-6(10)4-13-8/h3-4H,5H2,1-2H3,(H2,11,15)(H,12,13,14). The number of primary amides is 1. The monoisotopic (exact) mass is 228 g/mol. The number of aromatic nitrogens is 2. The lowest BCUT2D eigenvalue weighted by atomic mass is 9.93. The number of amides is 1. The zero-order valence-corrected chi connectivity index (χ0v) is 9.38. The van der Waals surface area contributed by atoms with Crippen LogP contribution in [-0.2, 0) is 4.79 Å². The van der Waals surface area contributed by atoms with Gasteiger partial charge >= 0.3 is 0 Å². The summed E-state index contributed by atoms with van der Waals surface area (Å²) in [4.78, 5) is 18.9. The van der Waals surface area contributed by atoms with Crippen molar-refractivity contribution in [3.05, 3.63) is 17.4 Å². The van der Waals surface area contributed by atoms with Gasteiger partial charge in [-0.3, -0.25) is 4.79 Å². The highest BCUT2D eigenvalue weighted by Gasteiger charge is 2.24. The molecule has 3 N–H and O–H groups in total. The Morgan fingerprint density at radius 1 is 1.53 bits per heavy atom. The van der Waals surface area contributed by atoms with E-state index in [-0.39, 0.29) is 5.91 Å². The van der Waals surface area contributed by atoms with Crippen molar-refractivity contribution in [2.75, 3.05) is 11.9 Å². The second kappa shape index (κ2) is 4.44. The Morgan fingerprint density at radius 3 is 2.53 bits per heavy atom. The summed E-state index contributed by atoms with van der Waals surface area (Å²) in [6.07, 6.45) is 2.96. The fourth-order valence-electron chi connectivity index (χ4n) is 0.791. The summed E-state index contributed by atoms with van der Waals surface area (Å²) >= 11 is 5.63. The number of carbonyl (C=O) groups is 1. The van der Waals surface area contributed by atoms with Gasteiger partial charge in [0.1, 0.15) is 0 Å². The third-order valence-electron chi connectivity index (χ3n) is 1.98. The zero-order chi connectivity index (χ0) is 11.5. The second-order valence-corrected chi connectivity index (χ2v) is 4.26. The smallest absolute Gasteiger partial charge is 0.224 e. The van der Waals surface area contributed by atoms with Gasteiger partial charge in [0.15, 0.2) is 0 Å². The van der Waals surface area contributed by atoms with Crippen molar-refractivity contribution in [1.82, 2.24) is 9.97 Å². The van der Waals surface area contributed by atoms with Crippen LogP contribution in [0.4, 0.5) is 5.95 Å². The van der Waals surface area contributed by atoms with Gasteiger partial charge in [-0.1, -0.05) is 11.6 Å². The number of anilines is 1. The van der Waals surface area contributed by atoms with E-state index in [0.717, 1.165) is 0 Å². The third-order valence-corrected chi connectivity index (χ3v) is 2.17. The molecule has 15 heavy (non-hydrogen) atoms. The van der Waals surface area contributed by atoms with Crippen LogP contribution >= 0.6 is 11.6 Å². The van der Waals surface area contributed by atoms with E-state index in [0.29, 0.717) is 17.5 Å². The molecule has 0 spiro atoms. The molecule has 1 rings (SSSR count). The summed E-state index contributed by atoms with van der Waals surface area (Å²) in [5.74, 6) is 0.0534. The predicted molar refractivity (Wildman–Crippen MR) is 58.5 cm³/mol. The highest BCUT2D eigenvalue weighted by atomic mass is 35.5. The molecule has 0 atom stereocenters. The Kier molecular flexibility index (Phi) is 3.47. The van der Waals surface area contributed by atoms with Crippen molar-refractivity contribution >= 4 is 23.5 Å². The van der Waals surface area contributed by atoms with Gasteiger partial charge in [-0.2, -0.15) is 0 Å². The molecule has 0 aromatic carbocycles. The minimum Gasteiger partial charge on any atom is -0.369 e. The molecule has 0 bridgehead atoms. The Bertz CT molecular complexity index is 350. The van der Waals surface area contributed by atoms with E-state index in [1.807, 2.05) is 0 Å². The fourth-order valence-corrected chi connectivity index (χ4v) is 0.888. The van der Waals surface area contributed by atoms with Crippen molar-refractivity contribution < 1.29 is 4.79 Å². The van der Waals surface area contributed by atoms with Gasteiger partial charge in [-0.15, -0.1) is 0 Å². The van der Waals surface area contributed by atoms with Crippen LogP contribution in [0.5, 0.6) is 0 Å². The van der Waals surface area contributed by atoms with Crippen LogP contribution in [0.2, 0.25) is 5.02 Å². The van der Waals surface area contributed by atoms with E-state index < -0.39 is 5.41 Å². The molecule has 1 amide bonds. The average Bonchev–Trinajstić information content (AvgIpc) is 2.17. The molecule has 0 fully saturated rings. The summed E-state index contributed by atoms with van der Waals surface area (Å²) < 4.78 is 0. The maximum Gasteiger partial charge on any atom is 0.224 e. The lowest BCUT2D eigenvalue weighted by Crippen LogP contribution is -2.37. The van der Waals surface area contributed by atoms with Gasteiger partial charge in [0.05, 0.1) is 22.8 Å². The molecule has 1 aromatic heterocycles. The van der Waals surface area contributed by atoms with Gasteiger partial charge < -0.3 is 11.1 Å². The van der Waals surface area contributed by atoms with Crippen molar-refractivity contribution in [1.29, 1.82) is 0 Å². The van der Waals surface area contributed by atoms with Crippen LogP contribution < -0.4 is 11.1 Å². The molecule has 6 heteroatoms. The first-order valence-corrected chi connectivity index (χ1v) is 4.81. The molecule has 82 valence electrons. The van der Waals surface area contributed by atoms with Crippen LogP contribution in [0.15, 0.2) is 12.4 Å². The molecular formula is C9H13ClN4O. The highest BCUT2D eigenvalue weighted by Crippen LogP contribution is 2.14. The summed E-state index contributed by atoms with van der Waals surface area (Å²) in [6.45, 7) is 3.88. The molecule has 5 nitrogen and oxygen atoms in total. The van der Waals surface area contributed by atoms with Crippen molar-refractivity contribution in [3.8, 4) is 0 Å². The first kappa shape index (κ1) is 11.7.